The van der Waals surface area contributed by atoms with Gasteiger partial charge in [-0.15, -0.1) is 0 Å². The first-order valence-electron chi connectivity index (χ1n) is 6.79. The van der Waals surface area contributed by atoms with E-state index < -0.39 is 17.5 Å². The van der Waals surface area contributed by atoms with Crippen LogP contribution in [0.1, 0.15) is 25.3 Å². The Hall–Kier alpha value is -2.55. The lowest BCUT2D eigenvalue weighted by Crippen LogP contribution is -2.32. The van der Waals surface area contributed by atoms with Gasteiger partial charge in [-0.1, -0.05) is 43.7 Å². The van der Waals surface area contributed by atoms with Crippen LogP contribution in [0.5, 0.6) is 0 Å². The summed E-state index contributed by atoms with van der Waals surface area (Å²) in [7, 11) is 1.20. The lowest BCUT2D eigenvalue weighted by atomic mass is 10.2. The minimum Gasteiger partial charge on any atom is -0.475 e. The minimum atomic E-state index is -0.697. The van der Waals surface area contributed by atoms with Crippen molar-refractivity contribution in [1.29, 1.82) is 5.39 Å². The molecule has 0 heterocycles. The molecule has 0 atom stereocenters. The van der Waals surface area contributed by atoms with Crippen LogP contribution in [0.15, 0.2) is 42.0 Å². The molecule has 0 aliphatic heterocycles. The SMILES string of the molecule is CCCCN(Cc1ccccc1)C(=O)/C([N+]#N)=C(\O)OC. The summed E-state index contributed by atoms with van der Waals surface area (Å²) >= 11 is 0. The molecule has 0 aliphatic carbocycles. The van der Waals surface area contributed by atoms with E-state index in [4.69, 9.17) is 5.39 Å². The number of methoxy groups -OCH3 is 1. The van der Waals surface area contributed by atoms with E-state index in [9.17, 15) is 9.90 Å². The van der Waals surface area contributed by atoms with Gasteiger partial charge in [-0.05, 0) is 12.0 Å². The Labute approximate surface area is 124 Å². The van der Waals surface area contributed by atoms with Crippen LogP contribution in [0.2, 0.25) is 0 Å². The molecule has 0 fully saturated rings. The number of carbonyl (C=O) groups excluding carboxylic acids is 1. The van der Waals surface area contributed by atoms with Crippen LogP contribution in [0.3, 0.4) is 0 Å². The van der Waals surface area contributed by atoms with Crippen molar-refractivity contribution in [2.45, 2.75) is 26.3 Å². The van der Waals surface area contributed by atoms with Crippen LogP contribution < -0.4 is 0 Å². The molecular formula is C15H20N3O3+. The molecule has 0 bridgehead atoms. The van der Waals surface area contributed by atoms with E-state index in [0.29, 0.717) is 13.1 Å². The van der Waals surface area contributed by atoms with E-state index in [1.807, 2.05) is 37.3 Å². The topological polar surface area (TPSA) is 77.9 Å². The van der Waals surface area contributed by atoms with Gasteiger partial charge < -0.3 is 14.7 Å². The summed E-state index contributed by atoms with van der Waals surface area (Å²) in [6.45, 7) is 2.89. The molecule has 1 N–H and O–H groups in total. The number of aliphatic hydroxyl groups is 1. The average Bonchev–Trinajstić information content (AvgIpc) is 2.52. The first-order valence-corrected chi connectivity index (χ1v) is 6.79. The Kier molecular flexibility index (Phi) is 6.75. The van der Waals surface area contributed by atoms with Crippen molar-refractivity contribution >= 4 is 5.91 Å². The number of diazo groups is 1. The number of unbranched alkanes of at least 4 members (excludes halogenated alkanes) is 1. The van der Waals surface area contributed by atoms with Crippen molar-refractivity contribution in [3.8, 4) is 0 Å². The molecule has 0 spiro atoms. The van der Waals surface area contributed by atoms with Gasteiger partial charge >= 0.3 is 17.5 Å². The molecule has 112 valence electrons. The summed E-state index contributed by atoms with van der Waals surface area (Å²) in [6.07, 6.45) is 1.73. The van der Waals surface area contributed by atoms with Crippen LogP contribution >= 0.6 is 0 Å². The highest BCUT2D eigenvalue weighted by Crippen LogP contribution is 2.13. The molecule has 1 aromatic rings. The maximum absolute atomic E-state index is 12.4. The number of ether oxygens (including phenoxy) is 1. The molecular weight excluding hydrogens is 270 g/mol. The molecule has 6 heteroatoms. The van der Waals surface area contributed by atoms with Gasteiger partial charge in [0.1, 0.15) is 0 Å². The highest BCUT2D eigenvalue weighted by Gasteiger charge is 2.34. The number of benzene rings is 1. The Morgan fingerprint density at radius 3 is 2.57 bits per heavy atom. The van der Waals surface area contributed by atoms with Crippen molar-refractivity contribution in [2.24, 2.45) is 0 Å². The van der Waals surface area contributed by atoms with E-state index >= 15 is 0 Å². The van der Waals surface area contributed by atoms with Crippen molar-refractivity contribution in [3.05, 3.63) is 52.5 Å². The summed E-state index contributed by atoms with van der Waals surface area (Å²) in [4.78, 5) is 16.7. The maximum atomic E-state index is 12.4. The Morgan fingerprint density at radius 1 is 1.38 bits per heavy atom. The number of amides is 1. The largest absolute Gasteiger partial charge is 0.527 e. The van der Waals surface area contributed by atoms with Crippen LogP contribution in [-0.4, -0.2) is 29.6 Å². The second kappa shape index (κ2) is 8.59. The van der Waals surface area contributed by atoms with E-state index in [2.05, 4.69) is 9.71 Å². The molecule has 0 saturated heterocycles. The number of rotatable bonds is 7. The highest BCUT2D eigenvalue weighted by molar-refractivity contribution is 5.95. The molecule has 0 unspecified atom stereocenters. The van der Waals surface area contributed by atoms with Crippen molar-refractivity contribution in [1.82, 2.24) is 4.90 Å². The van der Waals surface area contributed by atoms with Gasteiger partial charge in [-0.2, -0.15) is 0 Å². The molecule has 0 aromatic heterocycles. The van der Waals surface area contributed by atoms with Crippen LogP contribution in [-0.2, 0) is 16.1 Å². The second-order valence-corrected chi connectivity index (χ2v) is 4.52. The van der Waals surface area contributed by atoms with E-state index in [-0.39, 0.29) is 0 Å². The predicted molar refractivity (Wildman–Crippen MR) is 78.5 cm³/mol. The standard InChI is InChI=1S/C15H19N3O3/c1-3-4-10-18(11-12-8-6-5-7-9-12)14(19)13(17-16)15(20)21-2/h5-9H,3-4,10-11H2,1-2H3/p+1. The smallest absolute Gasteiger partial charge is 0.475 e. The summed E-state index contributed by atoms with van der Waals surface area (Å²) in [5, 5.41) is 18.4. The van der Waals surface area contributed by atoms with Crippen LogP contribution in [0.4, 0.5) is 0 Å². The first-order chi connectivity index (χ1) is 10.1. The molecule has 0 radical (unpaired) electrons. The maximum Gasteiger partial charge on any atom is 0.527 e. The normalized spacial score (nSPS) is 11.3. The monoisotopic (exact) mass is 290 g/mol. The molecule has 0 saturated carbocycles. The summed E-state index contributed by atoms with van der Waals surface area (Å²) in [6, 6.07) is 9.48. The molecule has 1 amide bonds. The Bertz CT molecular complexity index is 535. The van der Waals surface area contributed by atoms with Gasteiger partial charge in [0.25, 0.3) is 0 Å². The van der Waals surface area contributed by atoms with Gasteiger partial charge in [0.05, 0.1) is 7.11 Å². The molecule has 6 nitrogen and oxygen atoms in total. The van der Waals surface area contributed by atoms with Gasteiger partial charge in [0.15, 0.2) is 4.98 Å². The molecule has 21 heavy (non-hydrogen) atoms. The third-order valence-electron chi connectivity index (χ3n) is 2.98. The number of hydrogen-bond donors (Lipinski definition) is 1. The number of hydrogen-bond acceptors (Lipinski definition) is 4. The third kappa shape index (κ3) is 4.80. The fraction of sp³-hybridized carbons (Fsp3) is 0.400. The van der Waals surface area contributed by atoms with E-state index in [1.54, 1.807) is 0 Å². The molecule has 1 aromatic carbocycles. The van der Waals surface area contributed by atoms with Crippen molar-refractivity contribution < 1.29 is 14.6 Å². The van der Waals surface area contributed by atoms with Crippen molar-refractivity contribution in [3.63, 3.8) is 0 Å². The third-order valence-corrected chi connectivity index (χ3v) is 2.98. The first kappa shape index (κ1) is 16.5. The van der Waals surface area contributed by atoms with Crippen LogP contribution in [0, 0.1) is 5.39 Å². The lowest BCUT2D eigenvalue weighted by Gasteiger charge is -2.19. The zero-order chi connectivity index (χ0) is 15.7. The molecule has 0 aliphatic rings. The summed E-state index contributed by atoms with van der Waals surface area (Å²) < 4.78 is 4.56. The quantitative estimate of drug-likeness (QED) is 0.475. The van der Waals surface area contributed by atoms with Gasteiger partial charge in [0.2, 0.25) is 5.39 Å². The van der Waals surface area contributed by atoms with Gasteiger partial charge in [0, 0.05) is 13.1 Å². The second-order valence-electron chi connectivity index (χ2n) is 4.52. The van der Waals surface area contributed by atoms with E-state index in [1.165, 1.54) is 12.0 Å². The zero-order valence-corrected chi connectivity index (χ0v) is 12.3. The predicted octanol–water partition coefficient (Wildman–Crippen LogP) is 3.04. The Balaban J connectivity index is 2.97. The van der Waals surface area contributed by atoms with Gasteiger partial charge in [-0.25, -0.2) is 0 Å². The number of carbonyl (C=O) groups is 1. The average molecular weight is 290 g/mol. The summed E-state index contributed by atoms with van der Waals surface area (Å²) in [5.74, 6) is -1.27. The fourth-order valence-corrected chi connectivity index (χ4v) is 1.83. The summed E-state index contributed by atoms with van der Waals surface area (Å²) in [5.41, 5.74) is 0.459. The number of nitrogens with zero attached hydrogens (tertiary/aromatic N) is 3. The lowest BCUT2D eigenvalue weighted by molar-refractivity contribution is -0.128. The van der Waals surface area contributed by atoms with Gasteiger partial charge in [-0.3, -0.25) is 4.79 Å². The minimum absolute atomic E-state index is 0.371. The number of aliphatic hydroxyl groups excluding tert-OH is 1. The van der Waals surface area contributed by atoms with Crippen LogP contribution in [0.25, 0.3) is 4.98 Å². The fourth-order valence-electron chi connectivity index (χ4n) is 1.83. The van der Waals surface area contributed by atoms with Crippen molar-refractivity contribution in [2.75, 3.05) is 13.7 Å². The zero-order valence-electron chi connectivity index (χ0n) is 12.3. The molecule has 1 rings (SSSR count). The highest BCUT2D eigenvalue weighted by atomic mass is 16.6. The Morgan fingerprint density at radius 2 is 2.05 bits per heavy atom. The van der Waals surface area contributed by atoms with E-state index in [0.717, 1.165) is 18.4 Å².